The zero-order valence-electron chi connectivity index (χ0n) is 13.6. The summed E-state index contributed by atoms with van der Waals surface area (Å²) in [5.41, 5.74) is 13.9. The Morgan fingerprint density at radius 3 is 2.54 bits per heavy atom. The summed E-state index contributed by atoms with van der Waals surface area (Å²) in [7, 11) is 0. The zero-order chi connectivity index (χ0) is 16.9. The summed E-state index contributed by atoms with van der Waals surface area (Å²) < 4.78 is 0. The topological polar surface area (TPSA) is 94.0 Å². The van der Waals surface area contributed by atoms with Crippen LogP contribution in [0.1, 0.15) is 19.8 Å². The lowest BCUT2D eigenvalue weighted by atomic mass is 10.00. The third-order valence-corrected chi connectivity index (χ3v) is 5.47. The molecule has 3 heterocycles. The van der Waals surface area contributed by atoms with Crippen molar-refractivity contribution in [1.82, 2.24) is 15.0 Å². The minimum atomic E-state index is -0.0256. The number of rotatable bonds is 2. The third kappa shape index (κ3) is 2.70. The number of fused-ring (bicyclic) bond motifs is 1. The molecule has 2 aromatic rings. The molecule has 0 spiro atoms. The van der Waals surface area contributed by atoms with Gasteiger partial charge in [-0.25, -0.2) is 9.97 Å². The van der Waals surface area contributed by atoms with Crippen LogP contribution in [-0.4, -0.2) is 33.6 Å². The van der Waals surface area contributed by atoms with Crippen LogP contribution in [0, 0.1) is 11.8 Å². The Balaban J connectivity index is 1.57. The van der Waals surface area contributed by atoms with Gasteiger partial charge in [-0.2, -0.15) is 4.98 Å². The standard InChI is InChI=1S/C17H21ClN6/c1-17(20)5-10-8-24(9-11(10)6-17)16-22-7-13(15(19)23-16)12-3-2-4-21-14(12)18/h2-4,7,10-11H,5-6,8-9,20H2,1H3,(H2,19,22,23)/t10-,11+,17-. The van der Waals surface area contributed by atoms with E-state index in [-0.39, 0.29) is 5.54 Å². The minimum Gasteiger partial charge on any atom is -0.383 e. The molecule has 0 aromatic carbocycles. The average molecular weight is 345 g/mol. The van der Waals surface area contributed by atoms with E-state index in [2.05, 4.69) is 26.8 Å². The summed E-state index contributed by atoms with van der Waals surface area (Å²) in [6.07, 6.45) is 5.51. The van der Waals surface area contributed by atoms with Crippen LogP contribution in [0.15, 0.2) is 24.5 Å². The van der Waals surface area contributed by atoms with E-state index in [1.165, 1.54) is 0 Å². The highest BCUT2D eigenvalue weighted by molar-refractivity contribution is 6.32. The van der Waals surface area contributed by atoms with Crippen LogP contribution in [0.5, 0.6) is 0 Å². The first-order valence-corrected chi connectivity index (χ1v) is 8.58. The summed E-state index contributed by atoms with van der Waals surface area (Å²) in [6.45, 7) is 4.05. The van der Waals surface area contributed by atoms with Crippen molar-refractivity contribution in [2.24, 2.45) is 17.6 Å². The second-order valence-electron chi connectivity index (χ2n) is 7.30. The van der Waals surface area contributed by atoms with Crippen LogP contribution in [0.3, 0.4) is 0 Å². The Morgan fingerprint density at radius 2 is 1.92 bits per heavy atom. The molecular formula is C17H21ClN6. The zero-order valence-corrected chi connectivity index (χ0v) is 14.4. The van der Waals surface area contributed by atoms with Crippen LogP contribution >= 0.6 is 11.6 Å². The fourth-order valence-electron chi connectivity index (χ4n) is 4.18. The molecule has 3 atom stereocenters. The highest BCUT2D eigenvalue weighted by atomic mass is 35.5. The Morgan fingerprint density at radius 1 is 1.21 bits per heavy atom. The van der Waals surface area contributed by atoms with Crippen molar-refractivity contribution in [3.8, 4) is 11.1 Å². The van der Waals surface area contributed by atoms with Gasteiger partial charge in [0.15, 0.2) is 0 Å². The molecule has 4 rings (SSSR count). The maximum Gasteiger partial charge on any atom is 0.227 e. The summed E-state index contributed by atoms with van der Waals surface area (Å²) in [6, 6.07) is 3.69. The van der Waals surface area contributed by atoms with Gasteiger partial charge in [-0.15, -0.1) is 0 Å². The summed E-state index contributed by atoms with van der Waals surface area (Å²) >= 11 is 6.14. The molecule has 0 unspecified atom stereocenters. The van der Waals surface area contributed by atoms with E-state index in [1.54, 1.807) is 12.4 Å². The molecule has 1 saturated heterocycles. The van der Waals surface area contributed by atoms with Crippen molar-refractivity contribution in [3.63, 3.8) is 0 Å². The second kappa shape index (κ2) is 5.57. The van der Waals surface area contributed by atoms with E-state index in [4.69, 9.17) is 23.1 Å². The van der Waals surface area contributed by atoms with E-state index < -0.39 is 0 Å². The molecule has 6 nitrogen and oxygen atoms in total. The number of aromatic nitrogens is 3. The molecule has 24 heavy (non-hydrogen) atoms. The molecule has 2 aliphatic rings. The number of pyridine rings is 1. The van der Waals surface area contributed by atoms with Gasteiger partial charge in [-0.3, -0.25) is 0 Å². The average Bonchev–Trinajstić information content (AvgIpc) is 3.01. The van der Waals surface area contributed by atoms with Crippen molar-refractivity contribution in [3.05, 3.63) is 29.7 Å². The van der Waals surface area contributed by atoms with Crippen LogP contribution in [0.25, 0.3) is 11.1 Å². The van der Waals surface area contributed by atoms with Gasteiger partial charge in [-0.1, -0.05) is 11.6 Å². The SMILES string of the molecule is C[C@]1(N)C[C@H]2CN(c3ncc(-c4cccnc4Cl)c(N)n3)C[C@H]2C1. The van der Waals surface area contributed by atoms with Gasteiger partial charge in [-0.05, 0) is 43.7 Å². The minimum absolute atomic E-state index is 0.0256. The number of anilines is 2. The third-order valence-electron chi connectivity index (χ3n) is 5.17. The molecule has 1 saturated carbocycles. The van der Waals surface area contributed by atoms with E-state index in [0.717, 1.165) is 31.5 Å². The fourth-order valence-corrected chi connectivity index (χ4v) is 4.40. The van der Waals surface area contributed by atoms with Crippen molar-refractivity contribution in [1.29, 1.82) is 0 Å². The van der Waals surface area contributed by atoms with Crippen molar-refractivity contribution >= 4 is 23.4 Å². The molecule has 2 fully saturated rings. The molecule has 0 bridgehead atoms. The Labute approximate surface area is 146 Å². The quantitative estimate of drug-likeness (QED) is 0.812. The Kier molecular flexibility index (Phi) is 3.62. The summed E-state index contributed by atoms with van der Waals surface area (Å²) in [5.74, 6) is 2.36. The summed E-state index contributed by atoms with van der Waals surface area (Å²) in [5, 5.41) is 0.401. The lowest BCUT2D eigenvalue weighted by molar-refractivity contribution is 0.449. The Bertz CT molecular complexity index is 761. The first-order valence-electron chi connectivity index (χ1n) is 8.20. The Hall–Kier alpha value is -1.92. The van der Waals surface area contributed by atoms with Gasteiger partial charge < -0.3 is 16.4 Å². The number of halogens is 1. The molecule has 7 heteroatoms. The monoisotopic (exact) mass is 344 g/mol. The molecule has 0 amide bonds. The first kappa shape index (κ1) is 15.6. The smallest absolute Gasteiger partial charge is 0.227 e. The van der Waals surface area contributed by atoms with Gasteiger partial charge in [0.2, 0.25) is 5.95 Å². The molecular weight excluding hydrogens is 324 g/mol. The number of hydrogen-bond acceptors (Lipinski definition) is 6. The lowest BCUT2D eigenvalue weighted by Crippen LogP contribution is -2.35. The second-order valence-corrected chi connectivity index (χ2v) is 7.66. The van der Waals surface area contributed by atoms with E-state index >= 15 is 0 Å². The van der Waals surface area contributed by atoms with Crippen LogP contribution in [-0.2, 0) is 0 Å². The van der Waals surface area contributed by atoms with Crippen molar-refractivity contribution in [2.45, 2.75) is 25.3 Å². The maximum atomic E-state index is 6.29. The molecule has 4 N–H and O–H groups in total. The highest BCUT2D eigenvalue weighted by Gasteiger charge is 2.45. The number of hydrogen-bond donors (Lipinski definition) is 2. The predicted molar refractivity (Wildman–Crippen MR) is 95.7 cm³/mol. The molecule has 1 aliphatic heterocycles. The van der Waals surface area contributed by atoms with Gasteiger partial charge in [0.1, 0.15) is 11.0 Å². The van der Waals surface area contributed by atoms with Gasteiger partial charge in [0.05, 0.1) is 0 Å². The molecule has 2 aromatic heterocycles. The molecule has 1 aliphatic carbocycles. The largest absolute Gasteiger partial charge is 0.383 e. The van der Waals surface area contributed by atoms with Gasteiger partial charge in [0.25, 0.3) is 0 Å². The molecule has 126 valence electrons. The van der Waals surface area contributed by atoms with Gasteiger partial charge in [0, 0.05) is 42.1 Å². The molecule has 0 radical (unpaired) electrons. The number of nitrogens with zero attached hydrogens (tertiary/aromatic N) is 4. The number of nitrogen functional groups attached to an aromatic ring is 1. The number of nitrogens with two attached hydrogens (primary N) is 2. The highest BCUT2D eigenvalue weighted by Crippen LogP contribution is 2.43. The van der Waals surface area contributed by atoms with Crippen molar-refractivity contribution in [2.75, 3.05) is 23.7 Å². The lowest BCUT2D eigenvalue weighted by Gasteiger charge is -2.23. The van der Waals surface area contributed by atoms with Crippen LogP contribution in [0.4, 0.5) is 11.8 Å². The van der Waals surface area contributed by atoms with E-state index in [9.17, 15) is 0 Å². The van der Waals surface area contributed by atoms with Gasteiger partial charge >= 0.3 is 0 Å². The van der Waals surface area contributed by atoms with Crippen molar-refractivity contribution < 1.29 is 0 Å². The van der Waals surface area contributed by atoms with Crippen LogP contribution < -0.4 is 16.4 Å². The predicted octanol–water partition coefficient (Wildman–Crippen LogP) is 2.34. The fraction of sp³-hybridized carbons (Fsp3) is 0.471. The normalized spacial score (nSPS) is 29.0. The first-order chi connectivity index (χ1) is 11.4. The van der Waals surface area contributed by atoms with E-state index in [1.807, 2.05) is 12.1 Å². The maximum absolute atomic E-state index is 6.29. The van der Waals surface area contributed by atoms with E-state index in [0.29, 0.717) is 34.3 Å². The van der Waals surface area contributed by atoms with Crippen LogP contribution in [0.2, 0.25) is 5.15 Å². The summed E-state index contributed by atoms with van der Waals surface area (Å²) in [4.78, 5) is 15.3.